The molecule has 2 rings (SSSR count). The number of alkyl halides is 3. The smallest absolute Gasteiger partial charge is 0.307 e. The second kappa shape index (κ2) is 6.39. The van der Waals surface area contributed by atoms with Gasteiger partial charge in [0.05, 0.1) is 5.56 Å². The molecule has 1 saturated carbocycles. The molecule has 1 aliphatic carbocycles. The summed E-state index contributed by atoms with van der Waals surface area (Å²) in [4.78, 5) is 0. The molecule has 1 aromatic rings. The van der Waals surface area contributed by atoms with E-state index in [-0.39, 0.29) is 6.04 Å². The molecule has 118 valence electrons. The standard InChI is InChI=1S/C17H24F3N/c1-11-8-12(2)10-16(9-11)21-13(3)14-4-6-15(7-5-14)17(18,19)20/h4-7,11-13,16,21H,8-10H2,1-3H3. The van der Waals surface area contributed by atoms with E-state index in [1.165, 1.54) is 18.6 Å². The highest BCUT2D eigenvalue weighted by atomic mass is 19.4. The van der Waals surface area contributed by atoms with Crippen LogP contribution in [-0.2, 0) is 6.18 Å². The predicted octanol–water partition coefficient (Wildman–Crippen LogP) is 5.18. The van der Waals surface area contributed by atoms with Crippen LogP contribution in [0, 0.1) is 11.8 Å². The summed E-state index contributed by atoms with van der Waals surface area (Å²) >= 11 is 0. The van der Waals surface area contributed by atoms with Crippen molar-refractivity contribution in [3.8, 4) is 0 Å². The Labute approximate surface area is 124 Å². The molecule has 1 N–H and O–H groups in total. The normalized spacial score (nSPS) is 28.4. The van der Waals surface area contributed by atoms with E-state index < -0.39 is 11.7 Å². The van der Waals surface area contributed by atoms with Crippen molar-refractivity contribution >= 4 is 0 Å². The molecule has 0 bridgehead atoms. The first-order valence-electron chi connectivity index (χ1n) is 7.69. The van der Waals surface area contributed by atoms with Gasteiger partial charge in [-0.25, -0.2) is 0 Å². The van der Waals surface area contributed by atoms with E-state index >= 15 is 0 Å². The number of hydrogen-bond donors (Lipinski definition) is 1. The van der Waals surface area contributed by atoms with Crippen molar-refractivity contribution in [3.05, 3.63) is 35.4 Å². The highest BCUT2D eigenvalue weighted by molar-refractivity contribution is 5.26. The molecule has 0 saturated heterocycles. The molecule has 0 aliphatic heterocycles. The Morgan fingerprint density at radius 1 is 1.00 bits per heavy atom. The fourth-order valence-electron chi connectivity index (χ4n) is 3.49. The minimum absolute atomic E-state index is 0.0785. The van der Waals surface area contributed by atoms with Crippen LogP contribution in [-0.4, -0.2) is 6.04 Å². The van der Waals surface area contributed by atoms with E-state index in [2.05, 4.69) is 19.2 Å². The number of hydrogen-bond acceptors (Lipinski definition) is 1. The van der Waals surface area contributed by atoms with Gasteiger partial charge in [-0.15, -0.1) is 0 Å². The quantitative estimate of drug-likeness (QED) is 0.811. The van der Waals surface area contributed by atoms with Crippen LogP contribution in [0.15, 0.2) is 24.3 Å². The monoisotopic (exact) mass is 299 g/mol. The summed E-state index contributed by atoms with van der Waals surface area (Å²) in [6.45, 7) is 6.56. The summed E-state index contributed by atoms with van der Waals surface area (Å²) in [5.41, 5.74) is 0.326. The van der Waals surface area contributed by atoms with E-state index in [9.17, 15) is 13.2 Å². The molecule has 1 fully saturated rings. The van der Waals surface area contributed by atoms with Crippen molar-refractivity contribution in [1.29, 1.82) is 0 Å². The van der Waals surface area contributed by atoms with Gasteiger partial charge in [0.15, 0.2) is 0 Å². The van der Waals surface area contributed by atoms with Gasteiger partial charge >= 0.3 is 6.18 Å². The van der Waals surface area contributed by atoms with Crippen molar-refractivity contribution in [1.82, 2.24) is 5.32 Å². The third-order valence-corrected chi connectivity index (χ3v) is 4.40. The lowest BCUT2D eigenvalue weighted by atomic mass is 9.80. The minimum atomic E-state index is -4.26. The summed E-state index contributed by atoms with van der Waals surface area (Å²) < 4.78 is 37.7. The molecular weight excluding hydrogens is 275 g/mol. The van der Waals surface area contributed by atoms with Gasteiger partial charge in [0, 0.05) is 12.1 Å². The Hall–Kier alpha value is -1.03. The molecular formula is C17H24F3N. The molecule has 4 heteroatoms. The maximum absolute atomic E-state index is 12.6. The van der Waals surface area contributed by atoms with E-state index in [0.29, 0.717) is 17.9 Å². The first kappa shape index (κ1) is 16.3. The van der Waals surface area contributed by atoms with Crippen LogP contribution in [0.3, 0.4) is 0 Å². The van der Waals surface area contributed by atoms with Crippen LogP contribution >= 0.6 is 0 Å². The lowest BCUT2D eigenvalue weighted by Gasteiger charge is -2.34. The van der Waals surface area contributed by atoms with Gasteiger partial charge in [0.2, 0.25) is 0 Å². The summed E-state index contributed by atoms with van der Waals surface area (Å²) in [6, 6.07) is 6.03. The third kappa shape index (κ3) is 4.47. The Morgan fingerprint density at radius 3 is 2.00 bits per heavy atom. The average Bonchev–Trinajstić information content (AvgIpc) is 2.36. The second-order valence-corrected chi connectivity index (χ2v) is 6.62. The summed E-state index contributed by atoms with van der Waals surface area (Å²) in [6.07, 6.45) is -0.694. The number of rotatable bonds is 3. The van der Waals surface area contributed by atoms with Crippen LogP contribution < -0.4 is 5.32 Å². The van der Waals surface area contributed by atoms with Crippen molar-refractivity contribution in [2.45, 2.75) is 58.3 Å². The van der Waals surface area contributed by atoms with Crippen molar-refractivity contribution in [3.63, 3.8) is 0 Å². The number of benzene rings is 1. The fourth-order valence-corrected chi connectivity index (χ4v) is 3.49. The van der Waals surface area contributed by atoms with E-state index in [1.807, 2.05) is 6.92 Å². The van der Waals surface area contributed by atoms with Crippen LogP contribution in [0.2, 0.25) is 0 Å². The molecule has 0 amide bonds. The largest absolute Gasteiger partial charge is 0.416 e. The summed E-state index contributed by atoms with van der Waals surface area (Å²) in [7, 11) is 0. The summed E-state index contributed by atoms with van der Waals surface area (Å²) in [5, 5.41) is 3.57. The molecule has 1 nitrogen and oxygen atoms in total. The number of halogens is 3. The first-order chi connectivity index (χ1) is 9.75. The molecule has 3 unspecified atom stereocenters. The molecule has 3 atom stereocenters. The van der Waals surface area contributed by atoms with Gasteiger partial charge in [-0.2, -0.15) is 13.2 Å². The highest BCUT2D eigenvalue weighted by Gasteiger charge is 2.30. The van der Waals surface area contributed by atoms with Crippen LogP contribution in [0.4, 0.5) is 13.2 Å². The van der Waals surface area contributed by atoms with Crippen LogP contribution in [0.25, 0.3) is 0 Å². The first-order valence-corrected chi connectivity index (χ1v) is 7.69. The molecule has 0 aromatic heterocycles. The SMILES string of the molecule is CC1CC(C)CC(NC(C)c2ccc(C(F)(F)F)cc2)C1. The van der Waals surface area contributed by atoms with Crippen molar-refractivity contribution in [2.24, 2.45) is 11.8 Å². The van der Waals surface area contributed by atoms with Crippen molar-refractivity contribution in [2.75, 3.05) is 0 Å². The average molecular weight is 299 g/mol. The molecule has 0 heterocycles. The van der Waals surface area contributed by atoms with Crippen molar-refractivity contribution < 1.29 is 13.2 Å². The molecule has 1 aromatic carbocycles. The Morgan fingerprint density at radius 2 is 1.52 bits per heavy atom. The highest BCUT2D eigenvalue weighted by Crippen LogP contribution is 2.32. The Balaban J connectivity index is 1.98. The number of nitrogens with one attached hydrogen (secondary N) is 1. The zero-order valence-electron chi connectivity index (χ0n) is 12.9. The van der Waals surface area contributed by atoms with Gasteiger partial charge in [-0.05, 0) is 55.7 Å². The van der Waals surface area contributed by atoms with E-state index in [0.717, 1.165) is 18.4 Å². The lowest BCUT2D eigenvalue weighted by Crippen LogP contribution is -2.37. The summed E-state index contributed by atoms with van der Waals surface area (Å²) in [5.74, 6) is 1.43. The molecule has 21 heavy (non-hydrogen) atoms. The van der Waals surface area contributed by atoms with E-state index in [4.69, 9.17) is 0 Å². The molecule has 1 aliphatic rings. The topological polar surface area (TPSA) is 12.0 Å². The molecule has 0 spiro atoms. The minimum Gasteiger partial charge on any atom is -0.307 e. The maximum atomic E-state index is 12.6. The fraction of sp³-hybridized carbons (Fsp3) is 0.647. The van der Waals surface area contributed by atoms with Crippen LogP contribution in [0.1, 0.15) is 57.2 Å². The van der Waals surface area contributed by atoms with Gasteiger partial charge < -0.3 is 5.32 Å². The second-order valence-electron chi connectivity index (χ2n) is 6.62. The van der Waals surface area contributed by atoms with Gasteiger partial charge in [-0.1, -0.05) is 26.0 Å². The van der Waals surface area contributed by atoms with Crippen LogP contribution in [0.5, 0.6) is 0 Å². The maximum Gasteiger partial charge on any atom is 0.416 e. The Bertz CT molecular complexity index is 442. The van der Waals surface area contributed by atoms with E-state index in [1.54, 1.807) is 12.1 Å². The van der Waals surface area contributed by atoms with Gasteiger partial charge in [-0.3, -0.25) is 0 Å². The zero-order chi connectivity index (χ0) is 15.6. The van der Waals surface area contributed by atoms with Gasteiger partial charge in [0.1, 0.15) is 0 Å². The predicted molar refractivity (Wildman–Crippen MR) is 79.0 cm³/mol. The zero-order valence-corrected chi connectivity index (χ0v) is 12.9. The van der Waals surface area contributed by atoms with Gasteiger partial charge in [0.25, 0.3) is 0 Å². The molecule has 0 radical (unpaired) electrons. The third-order valence-electron chi connectivity index (χ3n) is 4.40. The Kier molecular flexibility index (Phi) is 4.97. The lowest BCUT2D eigenvalue weighted by molar-refractivity contribution is -0.137.